The molecule has 0 amide bonds. The van der Waals surface area contributed by atoms with Crippen molar-refractivity contribution < 1.29 is 0 Å². The van der Waals surface area contributed by atoms with Crippen LogP contribution in [0, 0.1) is 5.92 Å². The summed E-state index contributed by atoms with van der Waals surface area (Å²) in [6.45, 7) is 0. The molecule has 0 aromatic carbocycles. The van der Waals surface area contributed by atoms with Crippen molar-refractivity contribution in [1.82, 2.24) is 0 Å². The second-order valence-corrected chi connectivity index (χ2v) is 2.65. The van der Waals surface area contributed by atoms with Gasteiger partial charge in [0.05, 0.1) is 0 Å². The molecular formula is C6H11Cl. The Bertz CT molecular complexity index is 48.1. The quantitative estimate of drug-likeness (QED) is 0.500. The molecule has 0 spiro atoms. The van der Waals surface area contributed by atoms with E-state index in [2.05, 4.69) is 0 Å². The van der Waals surface area contributed by atoms with Crippen LogP contribution in [0.1, 0.15) is 25.7 Å². The molecule has 1 fully saturated rings. The van der Waals surface area contributed by atoms with Gasteiger partial charge in [-0.2, -0.15) is 0 Å². The SMILES string of the molecule is ClCCCC1CC1. The fourth-order valence-electron chi connectivity index (χ4n) is 0.772. The molecule has 0 nitrogen and oxygen atoms in total. The first-order valence-electron chi connectivity index (χ1n) is 2.99. The first kappa shape index (κ1) is 5.43. The summed E-state index contributed by atoms with van der Waals surface area (Å²) in [6, 6.07) is 0. The van der Waals surface area contributed by atoms with E-state index in [1.807, 2.05) is 0 Å². The van der Waals surface area contributed by atoms with E-state index < -0.39 is 0 Å². The lowest BCUT2D eigenvalue weighted by Crippen LogP contribution is -1.76. The third-order valence-corrected chi connectivity index (χ3v) is 1.71. The Morgan fingerprint density at radius 2 is 2.14 bits per heavy atom. The van der Waals surface area contributed by atoms with Gasteiger partial charge in [0.15, 0.2) is 0 Å². The van der Waals surface area contributed by atoms with Crippen LogP contribution in [0.2, 0.25) is 0 Å². The van der Waals surface area contributed by atoms with E-state index in [1.165, 1.54) is 25.7 Å². The highest BCUT2D eigenvalue weighted by atomic mass is 35.5. The van der Waals surface area contributed by atoms with Crippen LogP contribution in [-0.4, -0.2) is 5.88 Å². The lowest BCUT2D eigenvalue weighted by molar-refractivity contribution is 0.711. The molecule has 0 aliphatic heterocycles. The zero-order valence-electron chi connectivity index (χ0n) is 4.49. The van der Waals surface area contributed by atoms with Gasteiger partial charge in [0.25, 0.3) is 0 Å². The van der Waals surface area contributed by atoms with Gasteiger partial charge >= 0.3 is 0 Å². The van der Waals surface area contributed by atoms with E-state index in [9.17, 15) is 0 Å². The van der Waals surface area contributed by atoms with Crippen LogP contribution >= 0.6 is 11.6 Å². The fraction of sp³-hybridized carbons (Fsp3) is 1.00. The summed E-state index contributed by atoms with van der Waals surface area (Å²) >= 11 is 5.47. The Morgan fingerprint density at radius 1 is 1.43 bits per heavy atom. The molecule has 0 unspecified atom stereocenters. The van der Waals surface area contributed by atoms with E-state index in [0.717, 1.165) is 11.8 Å². The van der Waals surface area contributed by atoms with Crippen LogP contribution in [0.25, 0.3) is 0 Å². The van der Waals surface area contributed by atoms with Crippen molar-refractivity contribution in [2.75, 3.05) is 5.88 Å². The summed E-state index contributed by atoms with van der Waals surface area (Å²) in [5.41, 5.74) is 0. The van der Waals surface area contributed by atoms with E-state index in [-0.39, 0.29) is 0 Å². The number of alkyl halides is 1. The summed E-state index contributed by atoms with van der Waals surface area (Å²) in [5, 5.41) is 0. The monoisotopic (exact) mass is 118 g/mol. The van der Waals surface area contributed by atoms with Crippen molar-refractivity contribution in [3.63, 3.8) is 0 Å². The highest BCUT2D eigenvalue weighted by Crippen LogP contribution is 2.33. The van der Waals surface area contributed by atoms with Crippen LogP contribution in [0.15, 0.2) is 0 Å². The molecule has 0 heterocycles. The van der Waals surface area contributed by atoms with Crippen LogP contribution in [0.4, 0.5) is 0 Å². The molecule has 0 aromatic heterocycles. The Kier molecular flexibility index (Phi) is 1.99. The maximum absolute atomic E-state index is 5.47. The molecule has 1 aliphatic carbocycles. The molecule has 0 atom stereocenters. The minimum absolute atomic E-state index is 0.858. The summed E-state index contributed by atoms with van der Waals surface area (Å²) < 4.78 is 0. The van der Waals surface area contributed by atoms with Gasteiger partial charge in [-0.1, -0.05) is 12.8 Å². The molecule has 1 aliphatic rings. The normalized spacial score (nSPS) is 20.1. The molecule has 1 heteroatoms. The van der Waals surface area contributed by atoms with Crippen LogP contribution in [0.5, 0.6) is 0 Å². The highest BCUT2D eigenvalue weighted by Gasteiger charge is 2.19. The summed E-state index contributed by atoms with van der Waals surface area (Å²) in [7, 11) is 0. The van der Waals surface area contributed by atoms with E-state index >= 15 is 0 Å². The number of hydrogen-bond donors (Lipinski definition) is 0. The topological polar surface area (TPSA) is 0 Å². The zero-order valence-corrected chi connectivity index (χ0v) is 5.25. The van der Waals surface area contributed by atoms with Crippen LogP contribution in [0.3, 0.4) is 0 Å². The van der Waals surface area contributed by atoms with Gasteiger partial charge in [-0.15, -0.1) is 11.6 Å². The minimum atomic E-state index is 0.858. The average Bonchev–Trinajstić information content (AvgIpc) is 2.42. The van der Waals surface area contributed by atoms with Crippen molar-refractivity contribution in [2.45, 2.75) is 25.7 Å². The van der Waals surface area contributed by atoms with E-state index in [4.69, 9.17) is 11.6 Å². The minimum Gasteiger partial charge on any atom is -0.127 e. The summed E-state index contributed by atoms with van der Waals surface area (Å²) in [6.07, 6.45) is 5.55. The average molecular weight is 119 g/mol. The maximum Gasteiger partial charge on any atom is 0.0223 e. The lowest BCUT2D eigenvalue weighted by atomic mass is 10.2. The summed E-state index contributed by atoms with van der Waals surface area (Å²) in [4.78, 5) is 0. The van der Waals surface area contributed by atoms with Gasteiger partial charge in [0, 0.05) is 5.88 Å². The molecular weight excluding hydrogens is 108 g/mol. The molecule has 0 saturated heterocycles. The fourth-order valence-corrected chi connectivity index (χ4v) is 0.927. The maximum atomic E-state index is 5.47. The number of hydrogen-bond acceptors (Lipinski definition) is 0. The predicted octanol–water partition coefficient (Wildman–Crippen LogP) is 2.42. The molecule has 0 bridgehead atoms. The Labute approximate surface area is 49.9 Å². The Balaban J connectivity index is 1.80. The molecule has 7 heavy (non-hydrogen) atoms. The third kappa shape index (κ3) is 2.18. The van der Waals surface area contributed by atoms with Gasteiger partial charge in [-0.3, -0.25) is 0 Å². The standard InChI is InChI=1S/C6H11Cl/c7-5-1-2-6-3-4-6/h6H,1-5H2. The van der Waals surface area contributed by atoms with Gasteiger partial charge < -0.3 is 0 Å². The smallest absolute Gasteiger partial charge is 0.0223 e. The van der Waals surface area contributed by atoms with Crippen LogP contribution < -0.4 is 0 Å². The van der Waals surface area contributed by atoms with Crippen molar-refractivity contribution in [1.29, 1.82) is 0 Å². The first-order chi connectivity index (χ1) is 3.43. The van der Waals surface area contributed by atoms with E-state index in [0.29, 0.717) is 0 Å². The van der Waals surface area contributed by atoms with Crippen molar-refractivity contribution in [3.8, 4) is 0 Å². The zero-order chi connectivity index (χ0) is 5.11. The largest absolute Gasteiger partial charge is 0.127 e. The van der Waals surface area contributed by atoms with E-state index in [1.54, 1.807) is 0 Å². The van der Waals surface area contributed by atoms with Gasteiger partial charge in [-0.25, -0.2) is 0 Å². The molecule has 42 valence electrons. The van der Waals surface area contributed by atoms with Crippen molar-refractivity contribution in [2.24, 2.45) is 5.92 Å². The molecule has 0 aromatic rings. The lowest BCUT2D eigenvalue weighted by Gasteiger charge is -1.87. The second-order valence-electron chi connectivity index (χ2n) is 2.27. The van der Waals surface area contributed by atoms with Gasteiger partial charge in [0.2, 0.25) is 0 Å². The number of rotatable bonds is 3. The molecule has 1 rings (SSSR count). The van der Waals surface area contributed by atoms with Crippen molar-refractivity contribution in [3.05, 3.63) is 0 Å². The molecule has 0 radical (unpaired) electrons. The highest BCUT2D eigenvalue weighted by molar-refractivity contribution is 6.17. The van der Waals surface area contributed by atoms with Crippen molar-refractivity contribution >= 4 is 11.6 Å². The summed E-state index contributed by atoms with van der Waals surface area (Å²) in [5.74, 6) is 1.93. The number of halogens is 1. The third-order valence-electron chi connectivity index (χ3n) is 1.44. The second kappa shape index (κ2) is 2.56. The Hall–Kier alpha value is 0.290. The molecule has 0 N–H and O–H groups in total. The van der Waals surface area contributed by atoms with Gasteiger partial charge in [0.1, 0.15) is 0 Å². The van der Waals surface area contributed by atoms with Gasteiger partial charge in [-0.05, 0) is 18.8 Å². The predicted molar refractivity (Wildman–Crippen MR) is 32.7 cm³/mol. The Morgan fingerprint density at radius 3 is 2.57 bits per heavy atom. The first-order valence-corrected chi connectivity index (χ1v) is 3.53. The molecule has 1 saturated carbocycles. The van der Waals surface area contributed by atoms with Crippen LogP contribution in [-0.2, 0) is 0 Å².